The Morgan fingerprint density at radius 1 is 0.762 bits per heavy atom. The highest BCUT2D eigenvalue weighted by Crippen LogP contribution is 2.59. The lowest BCUT2D eigenvalue weighted by Gasteiger charge is -2.62. The minimum atomic E-state index is -1.96. The molecule has 6 saturated carbocycles. The van der Waals surface area contributed by atoms with Crippen molar-refractivity contribution in [1.82, 2.24) is 0 Å². The van der Waals surface area contributed by atoms with Crippen LogP contribution in [-0.4, -0.2) is 72.5 Å². The Bertz CT molecular complexity index is 934. The summed E-state index contributed by atoms with van der Waals surface area (Å²) >= 11 is 0. The number of ketones is 1. The van der Waals surface area contributed by atoms with Gasteiger partial charge in [-0.15, -0.1) is 0 Å². The molecule has 6 aliphatic carbocycles. The molecule has 0 heterocycles. The summed E-state index contributed by atoms with van der Waals surface area (Å²) in [4.78, 5) is 12.9. The third-order valence-corrected chi connectivity index (χ3v) is 13.8. The van der Waals surface area contributed by atoms with Gasteiger partial charge in [-0.25, -0.2) is 0 Å². The van der Waals surface area contributed by atoms with Crippen LogP contribution in [-0.2, 0) is 4.79 Å². The zero-order chi connectivity index (χ0) is 29.8. The Balaban J connectivity index is 1.15. The van der Waals surface area contributed by atoms with Crippen LogP contribution >= 0.6 is 0 Å². The van der Waals surface area contributed by atoms with Crippen molar-refractivity contribution >= 4 is 5.78 Å². The van der Waals surface area contributed by atoms with Crippen molar-refractivity contribution < 1.29 is 35.4 Å². The normalized spacial score (nSPS) is 50.8. The number of rotatable bonds is 6. The highest BCUT2D eigenvalue weighted by molar-refractivity contribution is 5.84. The lowest BCUT2D eigenvalue weighted by Crippen LogP contribution is -2.73. The zero-order valence-electron chi connectivity index (χ0n) is 25.8. The van der Waals surface area contributed by atoms with Gasteiger partial charge in [-0.05, 0) is 80.5 Å². The molecular weight excluding hydrogens is 532 g/mol. The van der Waals surface area contributed by atoms with Crippen molar-refractivity contribution in [2.24, 2.45) is 59.2 Å². The first kappa shape index (κ1) is 31.4. The fraction of sp³-hybridized carbons (Fsp3) is 0.971. The van der Waals surface area contributed by atoms with Crippen LogP contribution < -0.4 is 0 Å². The Hall–Kier alpha value is -0.570. The third kappa shape index (κ3) is 5.55. The van der Waals surface area contributed by atoms with E-state index in [0.29, 0.717) is 24.7 Å². The van der Waals surface area contributed by atoms with Gasteiger partial charge in [0.15, 0.2) is 0 Å². The van der Waals surface area contributed by atoms with Gasteiger partial charge >= 0.3 is 0 Å². The van der Waals surface area contributed by atoms with Crippen molar-refractivity contribution in [2.75, 3.05) is 0 Å². The minimum Gasteiger partial charge on any atom is -0.393 e. The van der Waals surface area contributed by atoms with Crippen molar-refractivity contribution in [1.29, 1.82) is 0 Å². The summed E-state index contributed by atoms with van der Waals surface area (Å²) in [7, 11) is 0. The number of aliphatic hydroxyl groups is 6. The Morgan fingerprint density at radius 2 is 1.48 bits per heavy atom. The maximum absolute atomic E-state index is 12.9. The smallest absolute Gasteiger partial charge is 0.141 e. The SMILES string of the molecule is CC(O)C1C(=O)C[C@@H]2C[C@@H]3CC4C(C5CCCC(CCCC6CCCCC6)C5)CCC(O)C4C(O)C3C(O)[C@]2(O)C1O. The fourth-order valence-electron chi connectivity index (χ4n) is 11.8. The molecule has 0 spiro atoms. The Kier molecular flexibility index (Phi) is 9.48. The van der Waals surface area contributed by atoms with Gasteiger partial charge in [0.1, 0.15) is 11.4 Å². The summed E-state index contributed by atoms with van der Waals surface area (Å²) in [5, 5.41) is 67.8. The molecule has 15 atom stereocenters. The van der Waals surface area contributed by atoms with Gasteiger partial charge in [0.25, 0.3) is 0 Å². The van der Waals surface area contributed by atoms with E-state index in [2.05, 4.69) is 0 Å². The lowest BCUT2D eigenvalue weighted by molar-refractivity contribution is -0.277. The number of carbonyl (C=O) groups excluding carboxylic acids is 1. The largest absolute Gasteiger partial charge is 0.393 e. The number of hydrogen-bond donors (Lipinski definition) is 6. The predicted octanol–water partition coefficient (Wildman–Crippen LogP) is 3.99. The molecule has 6 N–H and O–H groups in total. The first-order valence-corrected chi connectivity index (χ1v) is 17.8. The van der Waals surface area contributed by atoms with E-state index in [0.717, 1.165) is 24.7 Å². The van der Waals surface area contributed by atoms with Crippen LogP contribution in [0.2, 0.25) is 0 Å². The van der Waals surface area contributed by atoms with Crippen LogP contribution in [0, 0.1) is 59.2 Å². The molecule has 0 aromatic heterocycles. The average Bonchev–Trinajstić information content (AvgIpc) is 2.95. The third-order valence-electron chi connectivity index (χ3n) is 13.8. The number of carbonyl (C=O) groups is 1. The van der Waals surface area contributed by atoms with E-state index in [9.17, 15) is 35.4 Å². The standard InChI is InChI=1S/C35H58O7/c1-19(36)29-28(38)18-24-16-23-17-26-25(22-12-6-11-21(15-22)10-5-9-20-7-3-2-4-8-20)13-14-27(37)31(26)32(39)30(23)34(41)35(24,42)33(29)40/h19-27,29-34,36-37,39-42H,2-18H2,1H3/t19?,21?,22?,23-,24+,25?,26?,27?,29?,30?,31?,32?,33?,34?,35-/m1/s1. The topological polar surface area (TPSA) is 138 Å². The van der Waals surface area contributed by atoms with E-state index in [-0.39, 0.29) is 30.0 Å². The summed E-state index contributed by atoms with van der Waals surface area (Å²) < 4.78 is 0. The van der Waals surface area contributed by atoms with E-state index < -0.39 is 53.9 Å². The van der Waals surface area contributed by atoms with Crippen molar-refractivity contribution in [3.8, 4) is 0 Å². The summed E-state index contributed by atoms with van der Waals surface area (Å²) in [6.07, 6.45) is 13.4. The van der Waals surface area contributed by atoms with Crippen LogP contribution in [0.1, 0.15) is 116 Å². The first-order chi connectivity index (χ1) is 20.1. The first-order valence-electron chi connectivity index (χ1n) is 17.8. The maximum atomic E-state index is 12.9. The second kappa shape index (κ2) is 12.7. The van der Waals surface area contributed by atoms with Gasteiger partial charge < -0.3 is 30.6 Å². The number of fused-ring (bicyclic) bond motifs is 3. The molecule has 0 saturated heterocycles. The highest BCUT2D eigenvalue weighted by Gasteiger charge is 2.67. The molecule has 0 bridgehead atoms. The summed E-state index contributed by atoms with van der Waals surface area (Å²) in [6, 6.07) is 0. The fourth-order valence-corrected chi connectivity index (χ4v) is 11.8. The summed E-state index contributed by atoms with van der Waals surface area (Å²) in [6.45, 7) is 1.43. The predicted molar refractivity (Wildman–Crippen MR) is 159 cm³/mol. The molecular formula is C35H58O7. The van der Waals surface area contributed by atoms with E-state index in [1.165, 1.54) is 84.0 Å². The molecule has 6 fully saturated rings. The molecule has 0 aromatic carbocycles. The van der Waals surface area contributed by atoms with Gasteiger partial charge in [-0.3, -0.25) is 4.79 Å². The lowest BCUT2D eigenvalue weighted by atomic mass is 9.47. The molecule has 6 rings (SSSR count). The molecule has 6 aliphatic rings. The number of hydrogen-bond acceptors (Lipinski definition) is 7. The molecule has 0 aliphatic heterocycles. The Morgan fingerprint density at radius 3 is 2.21 bits per heavy atom. The van der Waals surface area contributed by atoms with E-state index in [4.69, 9.17) is 0 Å². The van der Waals surface area contributed by atoms with Crippen molar-refractivity contribution in [3.63, 3.8) is 0 Å². The number of Topliss-reactive ketones (excluding diaryl/α,β-unsaturated/α-hetero) is 1. The van der Waals surface area contributed by atoms with Gasteiger partial charge in [-0.2, -0.15) is 0 Å². The molecule has 240 valence electrons. The minimum absolute atomic E-state index is 0.0187. The summed E-state index contributed by atoms with van der Waals surface area (Å²) in [5.41, 5.74) is -1.96. The number of aliphatic hydroxyl groups excluding tert-OH is 5. The summed E-state index contributed by atoms with van der Waals surface area (Å²) in [5.74, 6) is -0.171. The van der Waals surface area contributed by atoms with E-state index in [1.54, 1.807) is 0 Å². The van der Waals surface area contributed by atoms with Gasteiger partial charge in [-0.1, -0.05) is 70.6 Å². The van der Waals surface area contributed by atoms with Crippen LogP contribution in [0.4, 0.5) is 0 Å². The molecule has 0 aromatic rings. The monoisotopic (exact) mass is 590 g/mol. The van der Waals surface area contributed by atoms with Crippen LogP contribution in [0.5, 0.6) is 0 Å². The van der Waals surface area contributed by atoms with Crippen LogP contribution in [0.15, 0.2) is 0 Å². The maximum Gasteiger partial charge on any atom is 0.141 e. The van der Waals surface area contributed by atoms with Crippen molar-refractivity contribution in [3.05, 3.63) is 0 Å². The van der Waals surface area contributed by atoms with E-state index in [1.807, 2.05) is 0 Å². The molecule has 0 amide bonds. The molecule has 7 heteroatoms. The molecule has 7 nitrogen and oxygen atoms in total. The second-order valence-corrected chi connectivity index (χ2v) is 16.0. The second-order valence-electron chi connectivity index (χ2n) is 16.0. The Labute approximate surface area is 252 Å². The van der Waals surface area contributed by atoms with Gasteiger partial charge in [0.2, 0.25) is 0 Å². The van der Waals surface area contributed by atoms with E-state index >= 15 is 0 Å². The zero-order valence-corrected chi connectivity index (χ0v) is 25.8. The van der Waals surface area contributed by atoms with Gasteiger partial charge in [0, 0.05) is 18.3 Å². The van der Waals surface area contributed by atoms with Gasteiger partial charge in [0.05, 0.1) is 36.4 Å². The van der Waals surface area contributed by atoms with Crippen LogP contribution in [0.25, 0.3) is 0 Å². The van der Waals surface area contributed by atoms with Crippen LogP contribution in [0.3, 0.4) is 0 Å². The highest BCUT2D eigenvalue weighted by atomic mass is 16.4. The quantitative estimate of drug-likeness (QED) is 0.275. The molecule has 12 unspecified atom stereocenters. The molecule has 42 heavy (non-hydrogen) atoms. The average molecular weight is 591 g/mol. The molecule has 0 radical (unpaired) electrons. The van der Waals surface area contributed by atoms with Crippen molar-refractivity contribution in [2.45, 2.75) is 152 Å².